The molecule has 1 heterocycles. The van der Waals surface area contributed by atoms with Crippen LogP contribution in [0.15, 0.2) is 18.2 Å². The van der Waals surface area contributed by atoms with E-state index < -0.39 is 5.97 Å². The molecule has 2 aromatic rings. The van der Waals surface area contributed by atoms with Gasteiger partial charge in [0.15, 0.2) is 5.69 Å². The van der Waals surface area contributed by atoms with Crippen LogP contribution in [-0.2, 0) is 17.9 Å². The number of aromatic nitrogens is 3. The Morgan fingerprint density at radius 3 is 2.52 bits per heavy atom. The molecule has 0 atom stereocenters. The quantitative estimate of drug-likeness (QED) is 0.820. The van der Waals surface area contributed by atoms with Gasteiger partial charge in [0.25, 0.3) is 0 Å². The second kappa shape index (κ2) is 6.91. The largest absolute Gasteiger partial charge is 0.487 e. The lowest BCUT2D eigenvalue weighted by molar-refractivity contribution is -0.121. The highest BCUT2D eigenvalue weighted by Crippen LogP contribution is 2.23. The molecule has 0 saturated heterocycles. The fourth-order valence-corrected chi connectivity index (χ4v) is 2.15. The highest BCUT2D eigenvalue weighted by Gasteiger charge is 2.21. The predicted octanol–water partition coefficient (Wildman–Crippen LogP) is 0.918. The van der Waals surface area contributed by atoms with Crippen LogP contribution < -0.4 is 10.1 Å². The molecule has 2 N–H and O–H groups in total. The number of likely N-dealkylation sites (N-methyl/N-ethyl adjacent to an activating group) is 1. The number of aromatic carboxylic acids is 1. The summed E-state index contributed by atoms with van der Waals surface area (Å²) < 4.78 is 6.99. The molecule has 0 bridgehead atoms. The van der Waals surface area contributed by atoms with E-state index in [-0.39, 0.29) is 30.4 Å². The molecule has 0 aliphatic heterocycles. The van der Waals surface area contributed by atoms with Crippen molar-refractivity contribution >= 4 is 11.9 Å². The average Bonchev–Trinajstić information content (AvgIpc) is 2.89. The van der Waals surface area contributed by atoms with Crippen LogP contribution in [0.4, 0.5) is 0 Å². The first-order valence-corrected chi connectivity index (χ1v) is 6.99. The Bertz CT molecular complexity index is 719. The second-order valence-electron chi connectivity index (χ2n) is 5.03. The van der Waals surface area contributed by atoms with Crippen molar-refractivity contribution in [3.63, 3.8) is 0 Å². The molecular weight excluding hydrogens is 300 g/mol. The highest BCUT2D eigenvalue weighted by molar-refractivity contribution is 5.86. The van der Waals surface area contributed by atoms with E-state index in [2.05, 4.69) is 15.6 Å². The number of rotatable bonds is 6. The number of carbonyl (C=O) groups excluding carboxylic acids is 1. The lowest BCUT2D eigenvalue weighted by Crippen LogP contribution is -2.25. The standard InChI is InChI=1S/C15H18N4O4/c1-9-5-4-6-10(2)14(9)23-8-11-13(15(21)22)17-18-19(11)7-12(20)16-3/h4-6H,7-8H2,1-3H3,(H,16,20)(H,21,22). The van der Waals surface area contributed by atoms with Crippen LogP contribution in [0.5, 0.6) is 5.75 Å². The number of nitrogens with one attached hydrogen (secondary N) is 1. The third kappa shape index (κ3) is 3.65. The van der Waals surface area contributed by atoms with Gasteiger partial charge in [-0.25, -0.2) is 9.48 Å². The van der Waals surface area contributed by atoms with Crippen molar-refractivity contribution < 1.29 is 19.4 Å². The van der Waals surface area contributed by atoms with E-state index in [4.69, 9.17) is 4.74 Å². The van der Waals surface area contributed by atoms with E-state index in [9.17, 15) is 14.7 Å². The summed E-state index contributed by atoms with van der Waals surface area (Å²) in [5.41, 5.74) is 1.89. The van der Waals surface area contributed by atoms with Crippen molar-refractivity contribution in [1.82, 2.24) is 20.3 Å². The minimum atomic E-state index is -1.21. The van der Waals surface area contributed by atoms with Crippen molar-refractivity contribution in [3.8, 4) is 5.75 Å². The Morgan fingerprint density at radius 2 is 1.96 bits per heavy atom. The number of carboxylic acids is 1. The number of carbonyl (C=O) groups is 2. The third-order valence-electron chi connectivity index (χ3n) is 3.37. The second-order valence-corrected chi connectivity index (χ2v) is 5.03. The smallest absolute Gasteiger partial charge is 0.358 e. The van der Waals surface area contributed by atoms with Gasteiger partial charge >= 0.3 is 5.97 Å². The first kappa shape index (κ1) is 16.5. The summed E-state index contributed by atoms with van der Waals surface area (Å²) >= 11 is 0. The lowest BCUT2D eigenvalue weighted by atomic mass is 10.1. The number of hydrogen-bond acceptors (Lipinski definition) is 5. The Kier molecular flexibility index (Phi) is 4.95. The number of benzene rings is 1. The molecule has 122 valence electrons. The fourth-order valence-electron chi connectivity index (χ4n) is 2.15. The van der Waals surface area contributed by atoms with Crippen molar-refractivity contribution in [1.29, 1.82) is 0 Å². The molecule has 0 unspecified atom stereocenters. The number of nitrogens with zero attached hydrogens (tertiary/aromatic N) is 3. The molecule has 0 aliphatic rings. The van der Waals surface area contributed by atoms with Crippen LogP contribution in [0.25, 0.3) is 0 Å². The summed E-state index contributed by atoms with van der Waals surface area (Å²) in [6.07, 6.45) is 0. The van der Waals surface area contributed by atoms with Crippen molar-refractivity contribution in [3.05, 3.63) is 40.7 Å². The Labute approximate surface area is 133 Å². The SMILES string of the molecule is CNC(=O)Cn1nnc(C(=O)O)c1COc1c(C)cccc1C. The Balaban J connectivity index is 2.28. The van der Waals surface area contributed by atoms with Gasteiger partial charge < -0.3 is 15.2 Å². The molecule has 0 aliphatic carbocycles. The van der Waals surface area contributed by atoms with Gasteiger partial charge in [0.05, 0.1) is 0 Å². The van der Waals surface area contributed by atoms with Crippen molar-refractivity contribution in [2.45, 2.75) is 27.0 Å². The van der Waals surface area contributed by atoms with Crippen LogP contribution in [-0.4, -0.2) is 39.0 Å². The number of hydrogen-bond donors (Lipinski definition) is 2. The monoisotopic (exact) mass is 318 g/mol. The summed E-state index contributed by atoms with van der Waals surface area (Å²) in [5.74, 6) is -0.843. The van der Waals surface area contributed by atoms with Crippen molar-refractivity contribution in [2.75, 3.05) is 7.05 Å². The molecule has 0 fully saturated rings. The van der Waals surface area contributed by atoms with E-state index in [1.165, 1.54) is 11.7 Å². The van der Waals surface area contributed by atoms with Crippen molar-refractivity contribution in [2.24, 2.45) is 0 Å². The zero-order valence-electron chi connectivity index (χ0n) is 13.2. The molecule has 1 amide bonds. The topological polar surface area (TPSA) is 106 Å². The van der Waals surface area contributed by atoms with Crippen LogP contribution in [0.2, 0.25) is 0 Å². The molecule has 0 saturated carbocycles. The molecule has 8 heteroatoms. The maximum Gasteiger partial charge on any atom is 0.358 e. The summed E-state index contributed by atoms with van der Waals surface area (Å²) in [6, 6.07) is 5.72. The molecule has 8 nitrogen and oxygen atoms in total. The number of carboxylic acid groups (broad SMARTS) is 1. The van der Waals surface area contributed by atoms with Gasteiger partial charge in [0, 0.05) is 7.05 Å². The molecule has 1 aromatic heterocycles. The van der Waals surface area contributed by atoms with Crippen LogP contribution in [0.3, 0.4) is 0 Å². The Hall–Kier alpha value is -2.90. The summed E-state index contributed by atoms with van der Waals surface area (Å²) in [5, 5.41) is 19.0. The number of ether oxygens (including phenoxy) is 1. The van der Waals surface area contributed by atoms with E-state index >= 15 is 0 Å². The summed E-state index contributed by atoms with van der Waals surface area (Å²) in [4.78, 5) is 22.8. The average molecular weight is 318 g/mol. The summed E-state index contributed by atoms with van der Waals surface area (Å²) in [6.45, 7) is 3.64. The van der Waals surface area contributed by atoms with Gasteiger partial charge in [-0.15, -0.1) is 5.10 Å². The van der Waals surface area contributed by atoms with E-state index in [1.807, 2.05) is 32.0 Å². The first-order chi connectivity index (χ1) is 10.9. The van der Waals surface area contributed by atoms with Gasteiger partial charge in [-0.05, 0) is 25.0 Å². The zero-order chi connectivity index (χ0) is 17.0. The number of amides is 1. The van der Waals surface area contributed by atoms with Gasteiger partial charge in [0.2, 0.25) is 5.91 Å². The van der Waals surface area contributed by atoms with Gasteiger partial charge in [0.1, 0.15) is 24.6 Å². The molecule has 0 radical (unpaired) electrons. The lowest BCUT2D eigenvalue weighted by Gasteiger charge is -2.13. The van der Waals surface area contributed by atoms with Gasteiger partial charge in [-0.3, -0.25) is 4.79 Å². The third-order valence-corrected chi connectivity index (χ3v) is 3.37. The van der Waals surface area contributed by atoms with E-state index in [0.717, 1.165) is 11.1 Å². The van der Waals surface area contributed by atoms with Gasteiger partial charge in [-0.1, -0.05) is 23.4 Å². The zero-order valence-corrected chi connectivity index (χ0v) is 13.2. The number of aryl methyl sites for hydroxylation is 2. The molecular formula is C15H18N4O4. The van der Waals surface area contributed by atoms with E-state index in [1.54, 1.807) is 0 Å². The fraction of sp³-hybridized carbons (Fsp3) is 0.333. The minimum Gasteiger partial charge on any atom is -0.487 e. The maximum absolute atomic E-state index is 11.5. The normalized spacial score (nSPS) is 10.4. The molecule has 0 spiro atoms. The minimum absolute atomic E-state index is 0.0443. The predicted molar refractivity (Wildman–Crippen MR) is 81.3 cm³/mol. The van der Waals surface area contributed by atoms with Crippen LogP contribution >= 0.6 is 0 Å². The molecule has 23 heavy (non-hydrogen) atoms. The first-order valence-electron chi connectivity index (χ1n) is 6.99. The van der Waals surface area contributed by atoms with Gasteiger partial charge in [-0.2, -0.15) is 0 Å². The molecule has 1 aromatic carbocycles. The van der Waals surface area contributed by atoms with Crippen LogP contribution in [0, 0.1) is 13.8 Å². The summed E-state index contributed by atoms with van der Waals surface area (Å²) in [7, 11) is 1.49. The highest BCUT2D eigenvalue weighted by atomic mass is 16.5. The molecule has 2 rings (SSSR count). The van der Waals surface area contributed by atoms with E-state index in [0.29, 0.717) is 5.75 Å². The Morgan fingerprint density at radius 1 is 1.30 bits per heavy atom. The maximum atomic E-state index is 11.5. The number of para-hydroxylation sites is 1. The van der Waals surface area contributed by atoms with Crippen LogP contribution in [0.1, 0.15) is 27.3 Å².